The summed E-state index contributed by atoms with van der Waals surface area (Å²) in [7, 11) is 4.09. The summed E-state index contributed by atoms with van der Waals surface area (Å²) >= 11 is 0. The van der Waals surface area contributed by atoms with E-state index >= 15 is 0 Å². The van der Waals surface area contributed by atoms with Crippen LogP contribution in [0.15, 0.2) is 24.3 Å². The minimum Gasteiger partial charge on any atom is -0.357 e. The monoisotopic (exact) mass is 224 g/mol. The highest BCUT2D eigenvalue weighted by atomic mass is 31.0. The van der Waals surface area contributed by atoms with Gasteiger partial charge in [0, 0.05) is 7.05 Å². The highest BCUT2D eigenvalue weighted by molar-refractivity contribution is 7.27. The molecule has 1 rings (SSSR count). The van der Waals surface area contributed by atoms with Crippen molar-refractivity contribution in [3.05, 3.63) is 29.8 Å². The number of carbonyl (C=O) groups excluding carboxylic acids is 2. The molecule has 0 heterocycles. The lowest BCUT2D eigenvalue weighted by molar-refractivity contribution is -0.125. The predicted molar refractivity (Wildman–Crippen MR) is 61.8 cm³/mol. The molecule has 15 heavy (non-hydrogen) atoms. The van der Waals surface area contributed by atoms with Crippen molar-refractivity contribution in [2.45, 2.75) is 6.04 Å². The van der Waals surface area contributed by atoms with E-state index < -0.39 is 6.04 Å². The summed E-state index contributed by atoms with van der Waals surface area (Å²) in [6, 6.07) is 6.71. The smallest absolute Gasteiger partial charge is 0.246 e. The molecule has 4 nitrogen and oxygen atoms in total. The zero-order valence-corrected chi connectivity index (χ0v) is 9.51. The van der Waals surface area contributed by atoms with Crippen molar-refractivity contribution in [2.75, 3.05) is 7.05 Å². The van der Waals surface area contributed by atoms with Crippen LogP contribution in [0.3, 0.4) is 0 Å². The molecule has 2 unspecified atom stereocenters. The molecular formula is C10H13N2O2P. The van der Waals surface area contributed by atoms with Crippen LogP contribution in [0.25, 0.3) is 0 Å². The van der Waals surface area contributed by atoms with Crippen LogP contribution in [0.1, 0.15) is 11.6 Å². The van der Waals surface area contributed by atoms with Crippen LogP contribution in [-0.4, -0.2) is 19.4 Å². The molecule has 1 aromatic carbocycles. The summed E-state index contributed by atoms with van der Waals surface area (Å²) in [5.41, 5.74) is 0.757. The van der Waals surface area contributed by atoms with Gasteiger partial charge < -0.3 is 10.6 Å². The van der Waals surface area contributed by atoms with E-state index in [1.165, 1.54) is 7.05 Å². The number of benzene rings is 1. The molecule has 0 aliphatic rings. The van der Waals surface area contributed by atoms with Crippen LogP contribution in [0.2, 0.25) is 0 Å². The van der Waals surface area contributed by atoms with Gasteiger partial charge in [-0.25, -0.2) is 0 Å². The Kier molecular flexibility index (Phi) is 4.25. The molecule has 0 aromatic heterocycles. The fraction of sp³-hybridized carbons (Fsp3) is 0.200. The minimum absolute atomic E-state index is 0.237. The van der Waals surface area contributed by atoms with Crippen molar-refractivity contribution in [1.29, 1.82) is 0 Å². The van der Waals surface area contributed by atoms with Crippen LogP contribution in [0, 0.1) is 0 Å². The van der Waals surface area contributed by atoms with Crippen LogP contribution < -0.4 is 15.9 Å². The Balaban J connectivity index is 2.93. The van der Waals surface area contributed by atoms with Gasteiger partial charge in [0.25, 0.3) is 0 Å². The highest BCUT2D eigenvalue weighted by Gasteiger charge is 2.17. The lowest BCUT2D eigenvalue weighted by atomic mass is 10.1. The van der Waals surface area contributed by atoms with Gasteiger partial charge >= 0.3 is 0 Å². The predicted octanol–water partition coefficient (Wildman–Crippen LogP) is -0.280. The molecule has 0 aliphatic heterocycles. The molecule has 5 heteroatoms. The number of amides is 2. The minimum atomic E-state index is -0.627. The molecule has 2 amide bonds. The van der Waals surface area contributed by atoms with E-state index in [9.17, 15) is 9.59 Å². The van der Waals surface area contributed by atoms with Gasteiger partial charge in [-0.1, -0.05) is 24.3 Å². The zero-order valence-electron chi connectivity index (χ0n) is 8.36. The Bertz CT molecular complexity index is 351. The Morgan fingerprint density at radius 3 is 2.47 bits per heavy atom. The van der Waals surface area contributed by atoms with Crippen molar-refractivity contribution in [2.24, 2.45) is 0 Å². The van der Waals surface area contributed by atoms with Crippen molar-refractivity contribution in [3.8, 4) is 0 Å². The van der Waals surface area contributed by atoms with E-state index in [-0.39, 0.29) is 5.91 Å². The van der Waals surface area contributed by atoms with Crippen LogP contribution in [-0.2, 0) is 9.59 Å². The van der Waals surface area contributed by atoms with Crippen molar-refractivity contribution in [1.82, 2.24) is 10.6 Å². The first-order chi connectivity index (χ1) is 7.19. The molecule has 80 valence electrons. The number of nitrogens with one attached hydrogen (secondary N) is 2. The molecule has 2 N–H and O–H groups in total. The Labute approximate surface area is 90.6 Å². The summed E-state index contributed by atoms with van der Waals surface area (Å²) in [6.45, 7) is 0. The molecule has 0 bridgehead atoms. The summed E-state index contributed by atoms with van der Waals surface area (Å²) in [5, 5.41) is 6.00. The maximum absolute atomic E-state index is 11.4. The molecule has 0 fully saturated rings. The number of hydrogen-bond donors (Lipinski definition) is 2. The largest absolute Gasteiger partial charge is 0.357 e. The van der Waals surface area contributed by atoms with Crippen molar-refractivity contribution < 1.29 is 9.59 Å². The van der Waals surface area contributed by atoms with Gasteiger partial charge in [-0.05, 0) is 10.9 Å². The quantitative estimate of drug-likeness (QED) is 0.546. The average molecular weight is 224 g/mol. The molecule has 0 radical (unpaired) electrons. The standard InChI is InChI=1S/C10H13N2O2P/c1-11-10(14)9(12-6-13)7-2-4-8(15)5-3-7/h2-6,9H,15H2,1H3,(H,11,14)(H,12,13). The van der Waals surface area contributed by atoms with Gasteiger partial charge in [-0.3, -0.25) is 9.59 Å². The third-order valence-corrected chi connectivity index (χ3v) is 2.40. The number of likely N-dealkylation sites (N-methyl/N-ethyl adjacent to an activating group) is 1. The number of carbonyl (C=O) groups is 2. The fourth-order valence-corrected chi connectivity index (χ4v) is 1.42. The molecule has 0 saturated carbocycles. The molecular weight excluding hydrogens is 211 g/mol. The SMILES string of the molecule is CNC(=O)C(NC=O)c1ccc(P)cc1. The van der Waals surface area contributed by atoms with Gasteiger partial charge in [0.15, 0.2) is 0 Å². The Morgan fingerprint density at radius 1 is 1.40 bits per heavy atom. The van der Waals surface area contributed by atoms with Gasteiger partial charge in [0.1, 0.15) is 6.04 Å². The molecule has 0 aliphatic carbocycles. The average Bonchev–Trinajstić information content (AvgIpc) is 2.26. The maximum atomic E-state index is 11.4. The third-order valence-electron chi connectivity index (χ3n) is 2.01. The molecule has 0 spiro atoms. The van der Waals surface area contributed by atoms with Gasteiger partial charge in [-0.15, -0.1) is 9.24 Å². The first-order valence-electron chi connectivity index (χ1n) is 4.45. The van der Waals surface area contributed by atoms with Crippen molar-refractivity contribution >= 4 is 26.9 Å². The Morgan fingerprint density at radius 2 is 2.00 bits per heavy atom. The Hall–Kier alpha value is -1.41. The van der Waals surface area contributed by atoms with Crippen LogP contribution in [0.4, 0.5) is 0 Å². The van der Waals surface area contributed by atoms with Gasteiger partial charge in [-0.2, -0.15) is 0 Å². The zero-order chi connectivity index (χ0) is 11.3. The summed E-state index contributed by atoms with van der Waals surface area (Å²) in [4.78, 5) is 21.8. The van der Waals surface area contributed by atoms with Crippen LogP contribution in [0.5, 0.6) is 0 Å². The molecule has 0 saturated heterocycles. The van der Waals surface area contributed by atoms with E-state index in [0.717, 1.165) is 10.9 Å². The lowest BCUT2D eigenvalue weighted by Crippen LogP contribution is -2.35. The van der Waals surface area contributed by atoms with E-state index in [1.807, 2.05) is 12.1 Å². The summed E-state index contributed by atoms with van der Waals surface area (Å²) in [6.07, 6.45) is 0.522. The van der Waals surface area contributed by atoms with E-state index in [1.54, 1.807) is 12.1 Å². The van der Waals surface area contributed by atoms with Gasteiger partial charge in [0.05, 0.1) is 0 Å². The first-order valence-corrected chi connectivity index (χ1v) is 5.03. The maximum Gasteiger partial charge on any atom is 0.246 e. The van der Waals surface area contributed by atoms with E-state index in [4.69, 9.17) is 0 Å². The fourth-order valence-electron chi connectivity index (χ4n) is 1.22. The van der Waals surface area contributed by atoms with E-state index in [2.05, 4.69) is 19.9 Å². The topological polar surface area (TPSA) is 58.2 Å². The highest BCUT2D eigenvalue weighted by Crippen LogP contribution is 2.11. The summed E-state index contributed by atoms with van der Waals surface area (Å²) < 4.78 is 0. The van der Waals surface area contributed by atoms with Crippen molar-refractivity contribution in [3.63, 3.8) is 0 Å². The number of hydrogen-bond acceptors (Lipinski definition) is 2. The van der Waals surface area contributed by atoms with Gasteiger partial charge in [0.2, 0.25) is 12.3 Å². The lowest BCUT2D eigenvalue weighted by Gasteiger charge is -2.14. The second-order valence-corrected chi connectivity index (χ2v) is 3.67. The number of rotatable bonds is 4. The second-order valence-electron chi connectivity index (χ2n) is 3.00. The molecule has 2 atom stereocenters. The van der Waals surface area contributed by atoms with Crippen LogP contribution >= 0.6 is 9.24 Å². The first kappa shape index (κ1) is 11.7. The normalized spacial score (nSPS) is 11.6. The van der Waals surface area contributed by atoms with E-state index in [0.29, 0.717) is 6.41 Å². The summed E-state index contributed by atoms with van der Waals surface area (Å²) in [5.74, 6) is -0.237. The second kappa shape index (κ2) is 5.47. The third kappa shape index (κ3) is 3.03. The molecule has 1 aromatic rings.